The molecule has 118 valence electrons. The van der Waals surface area contributed by atoms with E-state index in [9.17, 15) is 4.79 Å². The number of carbonyl (C=O) groups is 1. The molecule has 3 aromatic carbocycles. The molecule has 3 heteroatoms. The number of aldehydes is 1. The van der Waals surface area contributed by atoms with Gasteiger partial charge in [0.15, 0.2) is 6.29 Å². The maximum absolute atomic E-state index is 11.9. The van der Waals surface area contributed by atoms with Crippen LogP contribution in [0.1, 0.15) is 10.4 Å². The highest BCUT2D eigenvalue weighted by Crippen LogP contribution is 2.37. The van der Waals surface area contributed by atoms with E-state index in [4.69, 9.17) is 0 Å². The van der Waals surface area contributed by atoms with Gasteiger partial charge in [-0.1, -0.05) is 42.5 Å². The number of rotatable bonds is 3. The first kappa shape index (κ1) is 15.0. The summed E-state index contributed by atoms with van der Waals surface area (Å²) in [6.07, 6.45) is 3.04. The minimum atomic E-state index is 0.764. The van der Waals surface area contributed by atoms with Crippen molar-refractivity contribution in [3.63, 3.8) is 0 Å². The minimum absolute atomic E-state index is 0.764. The Hall–Kier alpha value is -2.52. The Bertz CT molecular complexity index is 1070. The van der Waals surface area contributed by atoms with Crippen LogP contribution in [0.15, 0.2) is 65.6 Å². The molecule has 0 aliphatic rings. The molecule has 0 amide bonds. The van der Waals surface area contributed by atoms with Crippen molar-refractivity contribution in [3.8, 4) is 11.3 Å². The van der Waals surface area contributed by atoms with Crippen molar-refractivity contribution >= 4 is 39.7 Å². The van der Waals surface area contributed by atoms with Gasteiger partial charge in [-0.05, 0) is 35.2 Å². The predicted molar refractivity (Wildman–Crippen MR) is 103 cm³/mol. The molecule has 24 heavy (non-hydrogen) atoms. The number of aryl methyl sites for hydroxylation is 1. The van der Waals surface area contributed by atoms with Crippen molar-refractivity contribution in [2.75, 3.05) is 6.26 Å². The van der Waals surface area contributed by atoms with Crippen molar-refractivity contribution in [1.29, 1.82) is 0 Å². The van der Waals surface area contributed by atoms with E-state index in [-0.39, 0.29) is 0 Å². The zero-order valence-electron chi connectivity index (χ0n) is 13.6. The van der Waals surface area contributed by atoms with Crippen LogP contribution in [0.3, 0.4) is 0 Å². The summed E-state index contributed by atoms with van der Waals surface area (Å²) in [7, 11) is 2.03. The first-order chi connectivity index (χ1) is 11.7. The Morgan fingerprint density at radius 2 is 1.75 bits per heavy atom. The standard InChI is InChI=1S/C21H17NOS/c1-22-20-11-10-15(24-2)12-18(20)19(13-23)21(22)17-9-5-7-14-6-3-4-8-16(14)17/h3-13H,1-2H3. The third kappa shape index (κ3) is 2.16. The topological polar surface area (TPSA) is 22.0 Å². The van der Waals surface area contributed by atoms with Crippen molar-refractivity contribution < 1.29 is 4.79 Å². The Kier molecular flexibility index (Phi) is 3.66. The van der Waals surface area contributed by atoms with Gasteiger partial charge in [-0.15, -0.1) is 11.8 Å². The summed E-state index contributed by atoms with van der Waals surface area (Å²) in [5.74, 6) is 0. The molecule has 0 saturated heterocycles. The van der Waals surface area contributed by atoms with Gasteiger partial charge in [0, 0.05) is 34.0 Å². The van der Waals surface area contributed by atoms with Gasteiger partial charge >= 0.3 is 0 Å². The molecule has 0 fully saturated rings. The maximum Gasteiger partial charge on any atom is 0.152 e. The zero-order valence-corrected chi connectivity index (χ0v) is 14.4. The summed E-state index contributed by atoms with van der Waals surface area (Å²) in [5.41, 5.74) is 3.92. The third-order valence-electron chi connectivity index (χ3n) is 4.61. The average Bonchev–Trinajstić information content (AvgIpc) is 2.92. The molecule has 4 aromatic rings. The van der Waals surface area contributed by atoms with Crippen LogP contribution in [-0.4, -0.2) is 17.1 Å². The van der Waals surface area contributed by atoms with Crippen LogP contribution in [0.25, 0.3) is 32.9 Å². The van der Waals surface area contributed by atoms with E-state index in [2.05, 4.69) is 59.4 Å². The molecule has 0 bridgehead atoms. The molecular formula is C21H17NOS. The quantitative estimate of drug-likeness (QED) is 0.363. The zero-order chi connectivity index (χ0) is 16.7. The average molecular weight is 331 g/mol. The molecule has 0 aliphatic carbocycles. The van der Waals surface area contributed by atoms with E-state index in [1.807, 2.05) is 19.2 Å². The first-order valence-electron chi connectivity index (χ1n) is 7.84. The number of hydrogen-bond acceptors (Lipinski definition) is 2. The fraction of sp³-hybridized carbons (Fsp3) is 0.0952. The number of hydrogen-bond donors (Lipinski definition) is 0. The lowest BCUT2D eigenvalue weighted by Gasteiger charge is -2.09. The van der Waals surface area contributed by atoms with Crippen molar-refractivity contribution in [2.24, 2.45) is 7.05 Å². The van der Waals surface area contributed by atoms with Crippen LogP contribution in [0.4, 0.5) is 0 Å². The molecule has 1 heterocycles. The smallest absolute Gasteiger partial charge is 0.152 e. The van der Waals surface area contributed by atoms with Gasteiger partial charge in [0.05, 0.1) is 5.69 Å². The number of thioether (sulfide) groups is 1. The summed E-state index contributed by atoms with van der Waals surface area (Å²) in [6.45, 7) is 0. The number of nitrogens with zero attached hydrogens (tertiary/aromatic N) is 1. The monoisotopic (exact) mass is 331 g/mol. The Morgan fingerprint density at radius 3 is 2.54 bits per heavy atom. The number of fused-ring (bicyclic) bond motifs is 2. The van der Waals surface area contributed by atoms with Crippen molar-refractivity contribution in [3.05, 3.63) is 66.2 Å². The predicted octanol–water partition coefficient (Wildman–Crippen LogP) is 5.53. The summed E-state index contributed by atoms with van der Waals surface area (Å²) < 4.78 is 2.13. The molecule has 0 unspecified atom stereocenters. The number of benzene rings is 3. The van der Waals surface area contributed by atoms with Gasteiger partial charge in [-0.25, -0.2) is 0 Å². The third-order valence-corrected chi connectivity index (χ3v) is 5.33. The summed E-state index contributed by atoms with van der Waals surface area (Å²) in [4.78, 5) is 13.1. The highest BCUT2D eigenvalue weighted by Gasteiger charge is 2.18. The lowest BCUT2D eigenvalue weighted by Crippen LogP contribution is -1.94. The maximum atomic E-state index is 11.9. The summed E-state index contributed by atoms with van der Waals surface area (Å²) in [5, 5.41) is 3.36. The second-order valence-corrected chi connectivity index (χ2v) is 6.73. The lowest BCUT2D eigenvalue weighted by atomic mass is 9.99. The van der Waals surface area contributed by atoms with Gasteiger partial charge in [-0.3, -0.25) is 4.79 Å². The number of carbonyl (C=O) groups excluding carboxylic acids is 1. The molecule has 4 rings (SSSR count). The second kappa shape index (κ2) is 5.84. The van der Waals surface area contributed by atoms with Gasteiger partial charge in [0.25, 0.3) is 0 Å². The molecule has 0 spiro atoms. The highest BCUT2D eigenvalue weighted by molar-refractivity contribution is 7.98. The van der Waals surface area contributed by atoms with E-state index in [1.165, 1.54) is 15.7 Å². The minimum Gasteiger partial charge on any atom is -0.343 e. The van der Waals surface area contributed by atoms with Crippen LogP contribution in [-0.2, 0) is 7.05 Å². The molecule has 0 radical (unpaired) electrons. The van der Waals surface area contributed by atoms with E-state index in [0.717, 1.165) is 34.0 Å². The van der Waals surface area contributed by atoms with Crippen LogP contribution < -0.4 is 0 Å². The molecular weight excluding hydrogens is 314 g/mol. The van der Waals surface area contributed by atoms with Gasteiger partial charge < -0.3 is 4.57 Å². The largest absolute Gasteiger partial charge is 0.343 e. The van der Waals surface area contributed by atoms with E-state index >= 15 is 0 Å². The Labute approximate surface area is 145 Å². The molecule has 1 aromatic heterocycles. The van der Waals surface area contributed by atoms with E-state index in [1.54, 1.807) is 11.8 Å². The molecule has 2 nitrogen and oxygen atoms in total. The van der Waals surface area contributed by atoms with E-state index in [0.29, 0.717) is 0 Å². The molecule has 0 N–H and O–H groups in total. The van der Waals surface area contributed by atoms with E-state index < -0.39 is 0 Å². The molecule has 0 saturated carbocycles. The van der Waals surface area contributed by atoms with Gasteiger partial charge in [0.1, 0.15) is 0 Å². The SMILES string of the molecule is CSc1ccc2c(c1)c(C=O)c(-c1cccc3ccccc13)n2C. The van der Waals surface area contributed by atoms with Crippen molar-refractivity contribution in [2.45, 2.75) is 4.90 Å². The second-order valence-electron chi connectivity index (χ2n) is 5.85. The Balaban J connectivity index is 2.13. The normalized spacial score (nSPS) is 11.2. The molecule has 0 aliphatic heterocycles. The fourth-order valence-corrected chi connectivity index (χ4v) is 3.90. The summed E-state index contributed by atoms with van der Waals surface area (Å²) in [6, 6.07) is 20.9. The first-order valence-corrected chi connectivity index (χ1v) is 9.07. The van der Waals surface area contributed by atoms with Crippen LogP contribution in [0, 0.1) is 0 Å². The lowest BCUT2D eigenvalue weighted by molar-refractivity contribution is 0.112. The molecule has 0 atom stereocenters. The van der Waals surface area contributed by atoms with Crippen LogP contribution >= 0.6 is 11.8 Å². The van der Waals surface area contributed by atoms with Gasteiger partial charge in [0.2, 0.25) is 0 Å². The highest BCUT2D eigenvalue weighted by atomic mass is 32.2. The van der Waals surface area contributed by atoms with Gasteiger partial charge in [-0.2, -0.15) is 0 Å². The Morgan fingerprint density at radius 1 is 0.958 bits per heavy atom. The van der Waals surface area contributed by atoms with Crippen LogP contribution in [0.5, 0.6) is 0 Å². The van der Waals surface area contributed by atoms with Crippen LogP contribution in [0.2, 0.25) is 0 Å². The van der Waals surface area contributed by atoms with Crippen molar-refractivity contribution in [1.82, 2.24) is 4.57 Å². The number of aromatic nitrogens is 1. The fourth-order valence-electron chi connectivity index (χ4n) is 3.46. The summed E-state index contributed by atoms with van der Waals surface area (Å²) >= 11 is 1.69.